The van der Waals surface area contributed by atoms with Crippen LogP contribution in [0.4, 0.5) is 5.69 Å². The van der Waals surface area contributed by atoms with Gasteiger partial charge in [-0.3, -0.25) is 0 Å². The minimum Gasteiger partial charge on any atom is -0.497 e. The summed E-state index contributed by atoms with van der Waals surface area (Å²) in [5, 5.41) is 4.58. The lowest BCUT2D eigenvalue weighted by molar-refractivity contribution is 0.415. The topological polar surface area (TPSA) is 34.1 Å². The lowest BCUT2D eigenvalue weighted by Gasteiger charge is -2.20. The number of thiazole rings is 1. The maximum atomic E-state index is 5.30. The Labute approximate surface area is 127 Å². The zero-order chi connectivity index (χ0) is 14.2. The number of anilines is 1. The molecule has 0 bridgehead atoms. The van der Waals surface area contributed by atoms with E-state index in [4.69, 9.17) is 9.72 Å². The van der Waals surface area contributed by atoms with Gasteiger partial charge in [-0.25, -0.2) is 4.98 Å². The zero-order valence-electron chi connectivity index (χ0n) is 11.8. The van der Waals surface area contributed by atoms with Crippen molar-refractivity contribution in [1.29, 1.82) is 0 Å². The summed E-state index contributed by atoms with van der Waals surface area (Å²) >= 11 is 1.73. The number of rotatable bonds is 2. The van der Waals surface area contributed by atoms with Crippen LogP contribution >= 0.6 is 11.3 Å². The fraction of sp³-hybridized carbons (Fsp3) is 0.235. The second kappa shape index (κ2) is 5.04. The van der Waals surface area contributed by atoms with Crippen molar-refractivity contribution in [2.45, 2.75) is 12.8 Å². The third-order valence-corrected chi connectivity index (χ3v) is 4.97. The SMILES string of the molecule is COc1ccc2nc(-c3cccc4c3CCCN4)sc2c1. The minimum atomic E-state index is 0.884. The molecule has 0 saturated heterocycles. The molecule has 106 valence electrons. The van der Waals surface area contributed by atoms with Crippen molar-refractivity contribution in [1.82, 2.24) is 4.98 Å². The summed E-state index contributed by atoms with van der Waals surface area (Å²) in [6.45, 7) is 1.06. The number of benzene rings is 2. The Morgan fingerprint density at radius 3 is 3.10 bits per heavy atom. The third kappa shape index (κ3) is 2.16. The fourth-order valence-corrected chi connectivity index (χ4v) is 3.90. The predicted molar refractivity (Wildman–Crippen MR) is 88.4 cm³/mol. The van der Waals surface area contributed by atoms with Gasteiger partial charge in [-0.2, -0.15) is 0 Å². The molecule has 1 aromatic heterocycles. The summed E-state index contributed by atoms with van der Waals surface area (Å²) < 4.78 is 6.47. The van der Waals surface area contributed by atoms with E-state index in [1.807, 2.05) is 12.1 Å². The van der Waals surface area contributed by atoms with Crippen LogP contribution < -0.4 is 10.1 Å². The second-order valence-electron chi connectivity index (χ2n) is 5.21. The molecule has 0 unspecified atom stereocenters. The minimum absolute atomic E-state index is 0.884. The van der Waals surface area contributed by atoms with Gasteiger partial charge in [0.15, 0.2) is 0 Å². The Hall–Kier alpha value is -2.07. The average Bonchev–Trinajstić information content (AvgIpc) is 2.97. The van der Waals surface area contributed by atoms with Gasteiger partial charge in [0.2, 0.25) is 0 Å². The highest BCUT2D eigenvalue weighted by atomic mass is 32.1. The largest absolute Gasteiger partial charge is 0.497 e. The molecule has 0 saturated carbocycles. The molecule has 1 aliphatic heterocycles. The van der Waals surface area contributed by atoms with Gasteiger partial charge in [0, 0.05) is 17.8 Å². The summed E-state index contributed by atoms with van der Waals surface area (Å²) in [5.74, 6) is 0.884. The maximum absolute atomic E-state index is 5.30. The van der Waals surface area contributed by atoms with Crippen LogP contribution in [0.15, 0.2) is 36.4 Å². The quantitative estimate of drug-likeness (QED) is 0.764. The number of fused-ring (bicyclic) bond motifs is 2. The first-order valence-corrected chi connectivity index (χ1v) is 7.97. The molecule has 0 radical (unpaired) electrons. The van der Waals surface area contributed by atoms with Gasteiger partial charge in [-0.15, -0.1) is 11.3 Å². The smallest absolute Gasteiger partial charge is 0.124 e. The fourth-order valence-electron chi connectivity index (χ4n) is 2.86. The van der Waals surface area contributed by atoms with E-state index in [9.17, 15) is 0 Å². The molecule has 1 aliphatic rings. The maximum Gasteiger partial charge on any atom is 0.124 e. The summed E-state index contributed by atoms with van der Waals surface area (Å²) in [6.07, 6.45) is 2.31. The highest BCUT2D eigenvalue weighted by Crippen LogP contribution is 2.37. The molecule has 4 heteroatoms. The van der Waals surface area contributed by atoms with E-state index in [2.05, 4.69) is 29.6 Å². The van der Waals surface area contributed by atoms with Crippen molar-refractivity contribution in [3.05, 3.63) is 42.0 Å². The Morgan fingerprint density at radius 2 is 2.19 bits per heavy atom. The van der Waals surface area contributed by atoms with Crippen LogP contribution in [-0.4, -0.2) is 18.6 Å². The van der Waals surface area contributed by atoms with Gasteiger partial charge < -0.3 is 10.1 Å². The van der Waals surface area contributed by atoms with E-state index in [0.29, 0.717) is 0 Å². The molecule has 0 atom stereocenters. The van der Waals surface area contributed by atoms with Crippen molar-refractivity contribution in [2.24, 2.45) is 0 Å². The van der Waals surface area contributed by atoms with E-state index in [-0.39, 0.29) is 0 Å². The van der Waals surface area contributed by atoms with Crippen LogP contribution in [0, 0.1) is 0 Å². The summed E-state index contributed by atoms with van der Waals surface area (Å²) in [4.78, 5) is 4.80. The molecular weight excluding hydrogens is 280 g/mol. The van der Waals surface area contributed by atoms with Crippen molar-refractivity contribution >= 4 is 27.2 Å². The molecule has 4 rings (SSSR count). The van der Waals surface area contributed by atoms with Gasteiger partial charge in [-0.05, 0) is 42.7 Å². The highest BCUT2D eigenvalue weighted by Gasteiger charge is 2.16. The Bertz CT molecular complexity index is 810. The summed E-state index contributed by atoms with van der Waals surface area (Å²) in [6, 6.07) is 12.5. The van der Waals surface area contributed by atoms with Crippen LogP contribution in [0.2, 0.25) is 0 Å². The van der Waals surface area contributed by atoms with Gasteiger partial charge in [-0.1, -0.05) is 12.1 Å². The first kappa shape index (κ1) is 12.7. The van der Waals surface area contributed by atoms with E-state index in [1.54, 1.807) is 18.4 Å². The van der Waals surface area contributed by atoms with Crippen LogP contribution in [0.3, 0.4) is 0 Å². The van der Waals surface area contributed by atoms with E-state index < -0.39 is 0 Å². The zero-order valence-corrected chi connectivity index (χ0v) is 12.7. The van der Waals surface area contributed by atoms with E-state index in [0.717, 1.165) is 29.2 Å². The Balaban J connectivity index is 1.86. The normalized spacial score (nSPS) is 13.8. The molecule has 1 N–H and O–H groups in total. The lowest BCUT2D eigenvalue weighted by Crippen LogP contribution is -2.12. The number of methoxy groups -OCH3 is 1. The van der Waals surface area contributed by atoms with Crippen molar-refractivity contribution in [3.8, 4) is 16.3 Å². The molecule has 3 nitrogen and oxygen atoms in total. The van der Waals surface area contributed by atoms with Crippen molar-refractivity contribution in [2.75, 3.05) is 19.0 Å². The molecule has 21 heavy (non-hydrogen) atoms. The molecule has 0 aliphatic carbocycles. The molecule has 2 heterocycles. The second-order valence-corrected chi connectivity index (χ2v) is 6.25. The van der Waals surface area contributed by atoms with Crippen molar-refractivity contribution in [3.63, 3.8) is 0 Å². The Morgan fingerprint density at radius 1 is 1.24 bits per heavy atom. The highest BCUT2D eigenvalue weighted by molar-refractivity contribution is 7.21. The number of nitrogens with one attached hydrogen (secondary N) is 1. The molecular formula is C17H16N2OS. The average molecular weight is 296 g/mol. The number of aromatic nitrogens is 1. The van der Waals surface area contributed by atoms with Gasteiger partial charge in [0.1, 0.15) is 10.8 Å². The third-order valence-electron chi connectivity index (χ3n) is 3.92. The Kier molecular flexibility index (Phi) is 3.04. The first-order chi connectivity index (χ1) is 10.3. The molecule has 3 aromatic rings. The van der Waals surface area contributed by atoms with Crippen LogP contribution in [0.25, 0.3) is 20.8 Å². The van der Waals surface area contributed by atoms with E-state index in [1.165, 1.54) is 27.9 Å². The summed E-state index contributed by atoms with van der Waals surface area (Å²) in [7, 11) is 1.70. The lowest BCUT2D eigenvalue weighted by atomic mass is 9.98. The molecule has 0 fully saturated rings. The van der Waals surface area contributed by atoms with Crippen LogP contribution in [0.1, 0.15) is 12.0 Å². The number of nitrogens with zero attached hydrogens (tertiary/aromatic N) is 1. The van der Waals surface area contributed by atoms with E-state index >= 15 is 0 Å². The monoisotopic (exact) mass is 296 g/mol. The first-order valence-electron chi connectivity index (χ1n) is 7.16. The predicted octanol–water partition coefficient (Wildman–Crippen LogP) is 4.33. The number of hydrogen-bond donors (Lipinski definition) is 1. The van der Waals surface area contributed by atoms with Crippen LogP contribution in [0.5, 0.6) is 5.75 Å². The van der Waals surface area contributed by atoms with Crippen LogP contribution in [-0.2, 0) is 6.42 Å². The molecule has 0 amide bonds. The number of ether oxygens (including phenoxy) is 1. The number of hydrogen-bond acceptors (Lipinski definition) is 4. The summed E-state index contributed by atoms with van der Waals surface area (Å²) in [5.41, 5.74) is 4.96. The van der Waals surface area contributed by atoms with Gasteiger partial charge in [0.25, 0.3) is 0 Å². The molecule has 0 spiro atoms. The van der Waals surface area contributed by atoms with Gasteiger partial charge >= 0.3 is 0 Å². The molecule has 2 aromatic carbocycles. The van der Waals surface area contributed by atoms with Gasteiger partial charge in [0.05, 0.1) is 17.3 Å². The standard InChI is InChI=1S/C17H16N2OS/c1-20-11-7-8-15-16(10-11)21-17(19-15)13-4-2-6-14-12(13)5-3-9-18-14/h2,4,6-8,10,18H,3,5,9H2,1H3. The van der Waals surface area contributed by atoms with Crippen molar-refractivity contribution < 1.29 is 4.74 Å².